The molecule has 2 saturated heterocycles. The zero-order valence-electron chi connectivity index (χ0n) is 18.6. The van der Waals surface area contributed by atoms with Crippen LogP contribution in [0.3, 0.4) is 0 Å². The molecular weight excluding hydrogens is 404 g/mol. The number of carbonyl (C=O) groups is 2. The van der Waals surface area contributed by atoms with Gasteiger partial charge in [0.05, 0.1) is 0 Å². The average Bonchev–Trinajstić information content (AvgIpc) is 2.87. The molecule has 32 heavy (non-hydrogen) atoms. The summed E-state index contributed by atoms with van der Waals surface area (Å²) in [6.07, 6.45) is 5.25. The number of aromatic nitrogens is 1. The van der Waals surface area contributed by atoms with E-state index in [1.165, 1.54) is 0 Å². The van der Waals surface area contributed by atoms with Gasteiger partial charge in [-0.25, -0.2) is 4.98 Å². The van der Waals surface area contributed by atoms with Gasteiger partial charge in [0.2, 0.25) is 5.91 Å². The van der Waals surface area contributed by atoms with E-state index in [2.05, 4.69) is 9.88 Å². The third-order valence-corrected chi connectivity index (χ3v) is 6.35. The van der Waals surface area contributed by atoms with E-state index in [0.717, 1.165) is 64.3 Å². The molecule has 2 amide bonds. The highest BCUT2D eigenvalue weighted by atomic mass is 16.5. The van der Waals surface area contributed by atoms with Crippen LogP contribution in [0.5, 0.6) is 5.75 Å². The molecule has 2 aliphatic heterocycles. The van der Waals surface area contributed by atoms with E-state index >= 15 is 0 Å². The van der Waals surface area contributed by atoms with Crippen LogP contribution in [0, 0.1) is 5.92 Å². The van der Waals surface area contributed by atoms with Crippen LogP contribution >= 0.6 is 0 Å². The van der Waals surface area contributed by atoms with Crippen LogP contribution in [0.1, 0.15) is 25.7 Å². The Bertz CT molecular complexity index is 869. The van der Waals surface area contributed by atoms with E-state index in [9.17, 15) is 9.59 Å². The molecular formula is C25H32N4O3. The van der Waals surface area contributed by atoms with Crippen LogP contribution in [-0.2, 0) is 9.59 Å². The fraction of sp³-hybridized carbons (Fsp3) is 0.480. The van der Waals surface area contributed by atoms with Crippen molar-refractivity contribution in [2.24, 2.45) is 5.92 Å². The predicted octanol–water partition coefficient (Wildman–Crippen LogP) is 2.83. The lowest BCUT2D eigenvalue weighted by molar-refractivity contribution is -0.135. The Hall–Kier alpha value is -3.09. The van der Waals surface area contributed by atoms with Crippen molar-refractivity contribution in [2.75, 3.05) is 50.8 Å². The average molecular weight is 437 g/mol. The van der Waals surface area contributed by atoms with Gasteiger partial charge < -0.3 is 19.4 Å². The first-order valence-electron chi connectivity index (χ1n) is 11.6. The van der Waals surface area contributed by atoms with E-state index in [-0.39, 0.29) is 18.4 Å². The Morgan fingerprint density at radius 2 is 1.69 bits per heavy atom. The molecule has 0 N–H and O–H groups in total. The smallest absolute Gasteiger partial charge is 0.260 e. The van der Waals surface area contributed by atoms with Crippen molar-refractivity contribution < 1.29 is 14.3 Å². The molecule has 4 rings (SSSR count). The third-order valence-electron chi connectivity index (χ3n) is 6.35. The van der Waals surface area contributed by atoms with Gasteiger partial charge in [0.25, 0.3) is 5.91 Å². The molecule has 7 heteroatoms. The standard InChI is InChI=1S/C25H32N4O3/c30-24(28-17-15-27(16-18-28)23-10-4-5-13-26-23)12-11-21-7-6-14-29(19-21)25(31)20-32-22-8-2-1-3-9-22/h1-5,8-10,13,21H,6-7,11-12,14-20H2/t21-/m1/s1. The Balaban J connectivity index is 1.17. The normalized spacial score (nSPS) is 19.0. The Morgan fingerprint density at radius 1 is 0.906 bits per heavy atom. The number of piperidine rings is 1. The molecule has 2 aromatic rings. The molecule has 7 nitrogen and oxygen atoms in total. The highest BCUT2D eigenvalue weighted by Crippen LogP contribution is 2.22. The summed E-state index contributed by atoms with van der Waals surface area (Å²) in [7, 11) is 0. The molecule has 170 valence electrons. The lowest BCUT2D eigenvalue weighted by Gasteiger charge is -2.36. The van der Waals surface area contributed by atoms with Crippen molar-refractivity contribution in [1.82, 2.24) is 14.8 Å². The highest BCUT2D eigenvalue weighted by molar-refractivity contribution is 5.78. The van der Waals surface area contributed by atoms with Gasteiger partial charge in [0, 0.05) is 51.9 Å². The van der Waals surface area contributed by atoms with Gasteiger partial charge in [-0.2, -0.15) is 0 Å². The molecule has 0 spiro atoms. The van der Waals surface area contributed by atoms with Gasteiger partial charge in [0.15, 0.2) is 6.61 Å². The molecule has 0 radical (unpaired) electrons. The summed E-state index contributed by atoms with van der Waals surface area (Å²) in [6, 6.07) is 15.3. The lowest BCUT2D eigenvalue weighted by atomic mass is 9.93. The summed E-state index contributed by atoms with van der Waals surface area (Å²) in [4.78, 5) is 35.8. The number of rotatable bonds is 7. The minimum absolute atomic E-state index is 0.0236. The molecule has 3 heterocycles. The number of amides is 2. The van der Waals surface area contributed by atoms with Gasteiger partial charge in [-0.15, -0.1) is 0 Å². The summed E-state index contributed by atoms with van der Waals surface area (Å²) < 4.78 is 5.61. The number of carbonyl (C=O) groups excluding carboxylic acids is 2. The Labute approximate surface area is 190 Å². The van der Waals surface area contributed by atoms with Crippen molar-refractivity contribution in [2.45, 2.75) is 25.7 Å². The first kappa shape index (κ1) is 22.1. The molecule has 2 fully saturated rings. The van der Waals surface area contributed by atoms with Gasteiger partial charge in [-0.3, -0.25) is 9.59 Å². The van der Waals surface area contributed by atoms with Gasteiger partial charge in [-0.1, -0.05) is 24.3 Å². The van der Waals surface area contributed by atoms with Crippen LogP contribution < -0.4 is 9.64 Å². The molecule has 0 bridgehead atoms. The molecule has 2 aliphatic rings. The van der Waals surface area contributed by atoms with Crippen molar-refractivity contribution in [3.63, 3.8) is 0 Å². The zero-order valence-corrected chi connectivity index (χ0v) is 18.6. The van der Waals surface area contributed by atoms with Crippen molar-refractivity contribution in [3.05, 3.63) is 54.7 Å². The van der Waals surface area contributed by atoms with Crippen molar-refractivity contribution in [1.29, 1.82) is 0 Å². The SMILES string of the molecule is O=C(CC[C@H]1CCCN(C(=O)COc2ccccc2)C1)N1CCN(c2ccccn2)CC1. The quantitative estimate of drug-likeness (QED) is 0.668. The van der Waals surface area contributed by atoms with E-state index in [0.29, 0.717) is 18.1 Å². The van der Waals surface area contributed by atoms with Crippen molar-refractivity contribution in [3.8, 4) is 5.75 Å². The lowest BCUT2D eigenvalue weighted by Crippen LogP contribution is -2.49. The number of piperazine rings is 1. The minimum atomic E-state index is 0.0236. The zero-order chi connectivity index (χ0) is 22.2. The second kappa shape index (κ2) is 11.0. The van der Waals surface area contributed by atoms with Crippen molar-refractivity contribution >= 4 is 17.6 Å². The predicted molar refractivity (Wildman–Crippen MR) is 124 cm³/mol. The largest absolute Gasteiger partial charge is 0.484 e. The first-order chi connectivity index (χ1) is 15.7. The molecule has 0 saturated carbocycles. The second-order valence-electron chi connectivity index (χ2n) is 8.54. The topological polar surface area (TPSA) is 66.0 Å². The Morgan fingerprint density at radius 3 is 2.44 bits per heavy atom. The molecule has 0 aliphatic carbocycles. The fourth-order valence-electron chi connectivity index (χ4n) is 4.49. The van der Waals surface area contributed by atoms with Crippen LogP contribution in [-0.4, -0.2) is 72.5 Å². The van der Waals surface area contributed by atoms with Crippen LogP contribution in [0.4, 0.5) is 5.82 Å². The maximum atomic E-state index is 12.7. The monoisotopic (exact) mass is 436 g/mol. The van der Waals surface area contributed by atoms with Gasteiger partial charge in [0.1, 0.15) is 11.6 Å². The van der Waals surface area contributed by atoms with Crippen LogP contribution in [0.15, 0.2) is 54.7 Å². The molecule has 1 atom stereocenters. The van der Waals surface area contributed by atoms with E-state index in [4.69, 9.17) is 4.74 Å². The van der Waals surface area contributed by atoms with E-state index in [1.807, 2.05) is 58.3 Å². The summed E-state index contributed by atoms with van der Waals surface area (Å²) in [5.74, 6) is 2.31. The number of benzene rings is 1. The summed E-state index contributed by atoms with van der Waals surface area (Å²) in [5.41, 5.74) is 0. The van der Waals surface area contributed by atoms with Crippen LogP contribution in [0.2, 0.25) is 0 Å². The minimum Gasteiger partial charge on any atom is -0.484 e. The summed E-state index contributed by atoms with van der Waals surface area (Å²) in [6.45, 7) is 4.67. The first-order valence-corrected chi connectivity index (χ1v) is 11.6. The summed E-state index contributed by atoms with van der Waals surface area (Å²) in [5, 5.41) is 0. The maximum absolute atomic E-state index is 12.7. The maximum Gasteiger partial charge on any atom is 0.260 e. The van der Waals surface area contributed by atoms with Gasteiger partial charge in [-0.05, 0) is 49.4 Å². The molecule has 1 aromatic carbocycles. The highest BCUT2D eigenvalue weighted by Gasteiger charge is 2.26. The van der Waals surface area contributed by atoms with Crippen LogP contribution in [0.25, 0.3) is 0 Å². The number of anilines is 1. The Kier molecular flexibility index (Phi) is 7.59. The number of pyridine rings is 1. The van der Waals surface area contributed by atoms with E-state index in [1.54, 1.807) is 6.20 Å². The third kappa shape index (κ3) is 5.99. The fourth-order valence-corrected chi connectivity index (χ4v) is 4.49. The summed E-state index contributed by atoms with van der Waals surface area (Å²) >= 11 is 0. The number of nitrogens with zero attached hydrogens (tertiary/aromatic N) is 4. The number of hydrogen-bond donors (Lipinski definition) is 0. The number of likely N-dealkylation sites (tertiary alicyclic amines) is 1. The second-order valence-corrected chi connectivity index (χ2v) is 8.54. The van der Waals surface area contributed by atoms with E-state index < -0.39 is 0 Å². The molecule has 0 unspecified atom stereocenters. The number of para-hydroxylation sites is 1. The number of ether oxygens (including phenoxy) is 1. The van der Waals surface area contributed by atoms with Gasteiger partial charge >= 0.3 is 0 Å². The number of hydrogen-bond acceptors (Lipinski definition) is 5. The molecule has 1 aromatic heterocycles.